The number of morpholine rings is 1. The molecule has 1 aromatic heterocycles. The van der Waals surface area contributed by atoms with Crippen molar-refractivity contribution in [2.24, 2.45) is 17.2 Å². The molecule has 8 rings (SSSR count). The van der Waals surface area contributed by atoms with Crippen LogP contribution < -0.4 is 27.8 Å². The first kappa shape index (κ1) is 43.6. The molecule has 1 saturated carbocycles. The quantitative estimate of drug-likeness (QED) is 0.0541. The Morgan fingerprint density at radius 1 is 0.921 bits per heavy atom. The molecule has 334 valence electrons. The maximum Gasteiger partial charge on any atom is 0.253 e. The number of nitrogens with one attached hydrogen (secondary N) is 2. The maximum absolute atomic E-state index is 16.5. The molecule has 1 aliphatic carbocycles. The van der Waals surface area contributed by atoms with E-state index >= 15 is 4.39 Å². The zero-order chi connectivity index (χ0) is 44.1. The van der Waals surface area contributed by atoms with E-state index in [0.29, 0.717) is 99.6 Å². The Hall–Kier alpha value is -6.06. The van der Waals surface area contributed by atoms with Gasteiger partial charge in [0.2, 0.25) is 12.3 Å². The third-order valence-electron chi connectivity index (χ3n) is 13.4. The topological polar surface area (TPSA) is 197 Å². The number of benzene rings is 3. The fourth-order valence-electron chi connectivity index (χ4n) is 9.58. The normalized spacial score (nSPS) is 20.0. The predicted octanol–water partition coefficient (Wildman–Crippen LogP) is 5.43. The van der Waals surface area contributed by atoms with Gasteiger partial charge in [0, 0.05) is 98.7 Å². The summed E-state index contributed by atoms with van der Waals surface area (Å²) in [6, 6.07) is 20.8. The molecule has 4 heterocycles. The van der Waals surface area contributed by atoms with Gasteiger partial charge in [-0.05, 0) is 105 Å². The van der Waals surface area contributed by atoms with Crippen LogP contribution in [0, 0.1) is 0 Å². The fourth-order valence-corrected chi connectivity index (χ4v) is 9.58. The lowest BCUT2D eigenvalue weighted by atomic mass is 9.87. The second-order valence-corrected chi connectivity index (χ2v) is 17.6. The molecule has 3 amide bonds. The van der Waals surface area contributed by atoms with Gasteiger partial charge in [0.15, 0.2) is 0 Å². The molecule has 14 nitrogen and oxygen atoms in total. The van der Waals surface area contributed by atoms with Gasteiger partial charge in [-0.25, -0.2) is 4.39 Å². The lowest BCUT2D eigenvalue weighted by molar-refractivity contribution is -0.116. The first-order valence-electron chi connectivity index (χ1n) is 22.3. The van der Waals surface area contributed by atoms with Crippen molar-refractivity contribution < 1.29 is 28.6 Å². The van der Waals surface area contributed by atoms with Gasteiger partial charge in [-0.1, -0.05) is 30.3 Å². The molecule has 0 bridgehead atoms. The average molecular weight is 862 g/mol. The average Bonchev–Trinajstić information content (AvgIpc) is 3.63. The first-order chi connectivity index (χ1) is 30.5. The number of carbonyl (C=O) groups excluding carboxylic acids is 3. The van der Waals surface area contributed by atoms with E-state index in [9.17, 15) is 19.5 Å². The third-order valence-corrected chi connectivity index (χ3v) is 13.4. The largest absolute Gasteiger partial charge is 0.507 e. The molecule has 4 aliphatic rings. The van der Waals surface area contributed by atoms with E-state index in [0.717, 1.165) is 55.5 Å². The number of amides is 3. The van der Waals surface area contributed by atoms with Crippen LogP contribution in [-0.2, 0) is 14.3 Å². The number of nitrogens with two attached hydrogens (primary N) is 3. The summed E-state index contributed by atoms with van der Waals surface area (Å²) in [5, 5.41) is 17.0. The van der Waals surface area contributed by atoms with E-state index in [-0.39, 0.29) is 35.9 Å². The van der Waals surface area contributed by atoms with Crippen molar-refractivity contribution in [3.8, 4) is 5.75 Å². The molecule has 0 spiro atoms. The first-order valence-corrected chi connectivity index (χ1v) is 22.3. The third kappa shape index (κ3) is 9.94. The summed E-state index contributed by atoms with van der Waals surface area (Å²) in [5.74, 6) is 0.271. The molecule has 63 heavy (non-hydrogen) atoms. The van der Waals surface area contributed by atoms with Crippen LogP contribution in [0.3, 0.4) is 0 Å². The number of hydrogen-bond acceptors (Lipinski definition) is 10. The SMILES string of the molecule is NC(N)=C(/C=C(\N)c1ccccc1O)N1CCOC(c2ccc(C(=O)N3CCC(F)(CN4CCC(c5cn(C6CCC6)c6cc(NC(=O)CCNC=O)ccc56)CC4)CC3)cc2)C1. The second kappa shape index (κ2) is 19.1. The van der Waals surface area contributed by atoms with Crippen LogP contribution in [-0.4, -0.2) is 107 Å². The fraction of sp³-hybridized carbons (Fsp3) is 0.438. The van der Waals surface area contributed by atoms with E-state index in [4.69, 9.17) is 21.9 Å². The van der Waals surface area contributed by atoms with E-state index < -0.39 is 5.67 Å². The van der Waals surface area contributed by atoms with Crippen molar-refractivity contribution in [3.05, 3.63) is 113 Å². The Morgan fingerprint density at radius 2 is 1.67 bits per heavy atom. The van der Waals surface area contributed by atoms with E-state index in [1.54, 1.807) is 35.2 Å². The van der Waals surface area contributed by atoms with Crippen LogP contribution in [0.5, 0.6) is 5.75 Å². The number of para-hydroxylation sites is 1. The van der Waals surface area contributed by atoms with Gasteiger partial charge >= 0.3 is 0 Å². The highest BCUT2D eigenvalue weighted by Crippen LogP contribution is 2.42. The number of aromatic nitrogens is 1. The number of nitrogens with zero attached hydrogens (tertiary/aromatic N) is 4. The minimum absolute atomic E-state index is 0.0575. The smallest absolute Gasteiger partial charge is 0.253 e. The zero-order valence-electron chi connectivity index (χ0n) is 35.8. The highest BCUT2D eigenvalue weighted by atomic mass is 19.1. The number of phenols is 1. The number of halogens is 1. The Balaban J connectivity index is 0.830. The summed E-state index contributed by atoms with van der Waals surface area (Å²) in [6.45, 7) is 4.42. The van der Waals surface area contributed by atoms with Crippen molar-refractivity contribution in [1.29, 1.82) is 0 Å². The molecule has 3 aliphatic heterocycles. The number of aromatic hydroxyl groups is 1. The molecule has 4 aromatic rings. The summed E-state index contributed by atoms with van der Waals surface area (Å²) in [5.41, 5.74) is 23.2. The lowest BCUT2D eigenvalue weighted by Gasteiger charge is -2.41. The molecule has 0 radical (unpaired) electrons. The number of likely N-dealkylation sites (tertiary alicyclic amines) is 2. The number of alkyl halides is 1. The molecule has 4 fully saturated rings. The summed E-state index contributed by atoms with van der Waals surface area (Å²) in [7, 11) is 0. The summed E-state index contributed by atoms with van der Waals surface area (Å²) in [4.78, 5) is 42.7. The van der Waals surface area contributed by atoms with Crippen LogP contribution in [0.2, 0.25) is 0 Å². The number of fused-ring (bicyclic) bond motifs is 1. The number of piperidine rings is 2. The van der Waals surface area contributed by atoms with Crippen molar-refractivity contribution in [1.82, 2.24) is 24.6 Å². The predicted molar refractivity (Wildman–Crippen MR) is 242 cm³/mol. The van der Waals surface area contributed by atoms with Gasteiger partial charge in [0.1, 0.15) is 23.3 Å². The number of hydrogen-bond donors (Lipinski definition) is 6. The standard InChI is InChI=1S/C48H60FN9O5/c49-48(30-55-20-15-32(16-21-55)39-28-58(36-4-3-5-36)41-26-35(12-13-37(39)41)54-45(61)14-19-53-31-59)17-22-56(23-18-48)47(62)34-10-8-33(9-11-34)44-29-57(24-25-63-44)42(46(51)52)27-40(50)38-6-1-2-7-43(38)60/h1-2,6-13,26-28,31-32,36,44,60H,3-5,14-25,29-30,50-52H2,(H,53,59)(H,54,61)/b40-27-. The molecule has 15 heteroatoms. The molecule has 1 atom stereocenters. The number of anilines is 1. The molecular formula is C48H60FN9O5. The minimum Gasteiger partial charge on any atom is -0.507 e. The highest BCUT2D eigenvalue weighted by molar-refractivity contribution is 5.95. The number of carbonyl (C=O) groups is 3. The minimum atomic E-state index is -1.36. The highest BCUT2D eigenvalue weighted by Gasteiger charge is 2.39. The van der Waals surface area contributed by atoms with Gasteiger partial charge < -0.3 is 56.9 Å². The summed E-state index contributed by atoms with van der Waals surface area (Å²) < 4.78 is 25.0. The Kier molecular flexibility index (Phi) is 13.2. The van der Waals surface area contributed by atoms with Crippen LogP contribution >= 0.6 is 0 Å². The monoisotopic (exact) mass is 861 g/mol. The van der Waals surface area contributed by atoms with Crippen LogP contribution in [0.25, 0.3) is 16.6 Å². The van der Waals surface area contributed by atoms with E-state index in [1.807, 2.05) is 35.2 Å². The van der Waals surface area contributed by atoms with E-state index in [2.05, 4.69) is 38.4 Å². The molecule has 3 saturated heterocycles. The number of ether oxygens (including phenoxy) is 1. The van der Waals surface area contributed by atoms with Crippen molar-refractivity contribution >= 4 is 40.5 Å². The Labute approximate surface area is 367 Å². The number of rotatable bonds is 14. The Morgan fingerprint density at radius 3 is 2.35 bits per heavy atom. The van der Waals surface area contributed by atoms with Crippen LogP contribution in [0.15, 0.2) is 90.5 Å². The zero-order valence-corrected chi connectivity index (χ0v) is 35.8. The van der Waals surface area contributed by atoms with Crippen molar-refractivity contribution in [2.45, 2.75) is 75.1 Å². The van der Waals surface area contributed by atoms with Gasteiger partial charge in [-0.15, -0.1) is 0 Å². The summed E-state index contributed by atoms with van der Waals surface area (Å²) in [6.07, 6.45) is 10.5. The molecule has 9 N–H and O–H groups in total. The number of allylic oxidation sites excluding steroid dienone is 1. The van der Waals surface area contributed by atoms with Gasteiger partial charge in [0.05, 0.1) is 17.8 Å². The van der Waals surface area contributed by atoms with Gasteiger partial charge in [-0.3, -0.25) is 14.4 Å². The molecule has 1 unspecified atom stereocenters. The van der Waals surface area contributed by atoms with Crippen LogP contribution in [0.1, 0.15) is 96.5 Å². The van der Waals surface area contributed by atoms with Gasteiger partial charge in [-0.2, -0.15) is 0 Å². The second-order valence-electron chi connectivity index (χ2n) is 17.6. The van der Waals surface area contributed by atoms with Crippen LogP contribution in [0.4, 0.5) is 10.1 Å². The van der Waals surface area contributed by atoms with Crippen molar-refractivity contribution in [3.63, 3.8) is 0 Å². The van der Waals surface area contributed by atoms with Gasteiger partial charge in [0.25, 0.3) is 5.91 Å². The lowest BCUT2D eigenvalue weighted by Crippen LogP contribution is -2.50. The summed E-state index contributed by atoms with van der Waals surface area (Å²) >= 11 is 0. The molecular weight excluding hydrogens is 802 g/mol. The molecule has 3 aromatic carbocycles. The van der Waals surface area contributed by atoms with E-state index in [1.165, 1.54) is 17.4 Å². The van der Waals surface area contributed by atoms with Crippen molar-refractivity contribution in [2.75, 3.05) is 64.3 Å². The maximum atomic E-state index is 16.5. The Bertz CT molecular complexity index is 2340. The number of phenolic OH excluding ortho intramolecular Hbond substituents is 1.